The molecule has 1 aliphatic rings. The number of nitrogens with zero attached hydrogens (tertiary/aromatic N) is 4. The van der Waals surface area contributed by atoms with Gasteiger partial charge in [-0.3, -0.25) is 14.2 Å². The summed E-state index contributed by atoms with van der Waals surface area (Å²) in [5.41, 5.74) is 1.83. The van der Waals surface area contributed by atoms with Crippen molar-refractivity contribution in [2.75, 3.05) is 0 Å². The van der Waals surface area contributed by atoms with Crippen LogP contribution in [0.5, 0.6) is 0 Å². The molecule has 0 spiro atoms. The minimum atomic E-state index is -4.50. The second-order valence-corrected chi connectivity index (χ2v) is 7.51. The molecule has 2 atom stereocenters. The maximum absolute atomic E-state index is 13.3. The summed E-state index contributed by atoms with van der Waals surface area (Å²) in [6.45, 7) is 7.97. The molecule has 0 unspecified atom stereocenters. The number of alkyl halides is 3. The van der Waals surface area contributed by atoms with Gasteiger partial charge in [0.1, 0.15) is 6.04 Å². The zero-order valence-electron chi connectivity index (χ0n) is 16.6. The van der Waals surface area contributed by atoms with Crippen molar-refractivity contribution in [1.29, 1.82) is 0 Å². The number of halogens is 3. The topological polar surface area (TPSA) is 64.7 Å². The highest BCUT2D eigenvalue weighted by atomic mass is 19.4. The lowest BCUT2D eigenvalue weighted by molar-refractivity contribution is -0.142. The molecular weight excluding hydrogens is 371 g/mol. The first-order valence-corrected chi connectivity index (χ1v) is 9.60. The van der Waals surface area contributed by atoms with Gasteiger partial charge < -0.3 is 5.32 Å². The molecular formula is C19H26F3N5O. The first kappa shape index (κ1) is 20.4. The second-order valence-electron chi connectivity index (χ2n) is 7.51. The van der Waals surface area contributed by atoms with E-state index in [0.717, 1.165) is 11.4 Å². The predicted octanol–water partition coefficient (Wildman–Crippen LogP) is 3.36. The summed E-state index contributed by atoms with van der Waals surface area (Å²) in [5.74, 6) is -0.317. The smallest absolute Gasteiger partial charge is 0.350 e. The van der Waals surface area contributed by atoms with E-state index in [2.05, 4.69) is 15.5 Å². The highest BCUT2D eigenvalue weighted by Crippen LogP contribution is 2.37. The molecule has 2 aromatic rings. The lowest BCUT2D eigenvalue weighted by Gasteiger charge is -2.21. The molecule has 0 bridgehead atoms. The average Bonchev–Trinajstić information content (AvgIpc) is 3.24. The number of nitrogens with one attached hydrogen (secondary N) is 1. The minimum absolute atomic E-state index is 0.217. The van der Waals surface area contributed by atoms with Gasteiger partial charge in [0, 0.05) is 23.0 Å². The molecule has 0 aliphatic heterocycles. The minimum Gasteiger partial charge on any atom is -0.350 e. The van der Waals surface area contributed by atoms with Gasteiger partial charge in [-0.2, -0.15) is 23.4 Å². The van der Waals surface area contributed by atoms with Gasteiger partial charge >= 0.3 is 6.18 Å². The van der Waals surface area contributed by atoms with E-state index in [1.165, 1.54) is 4.68 Å². The van der Waals surface area contributed by atoms with Gasteiger partial charge in [0.15, 0.2) is 5.69 Å². The van der Waals surface area contributed by atoms with Crippen molar-refractivity contribution in [2.24, 2.45) is 0 Å². The average molecular weight is 397 g/mol. The summed E-state index contributed by atoms with van der Waals surface area (Å²) in [7, 11) is 0. The number of fused-ring (bicyclic) bond motifs is 1. The van der Waals surface area contributed by atoms with E-state index in [1.54, 1.807) is 6.92 Å². The maximum atomic E-state index is 13.3. The monoisotopic (exact) mass is 397 g/mol. The Morgan fingerprint density at radius 1 is 1.29 bits per heavy atom. The first-order valence-electron chi connectivity index (χ1n) is 9.60. The number of carbonyl (C=O) groups excluding carboxylic acids is 1. The number of hydrogen-bond acceptors (Lipinski definition) is 3. The van der Waals surface area contributed by atoms with Gasteiger partial charge in [-0.25, -0.2) is 0 Å². The lowest BCUT2D eigenvalue weighted by atomic mass is 10.1. The van der Waals surface area contributed by atoms with Crippen LogP contribution in [0.25, 0.3) is 0 Å². The molecule has 0 aromatic carbocycles. The number of aryl methyl sites for hydroxylation is 2. The van der Waals surface area contributed by atoms with Crippen LogP contribution in [0.4, 0.5) is 13.2 Å². The Kier molecular flexibility index (Phi) is 5.54. The van der Waals surface area contributed by atoms with E-state index < -0.39 is 17.9 Å². The van der Waals surface area contributed by atoms with E-state index >= 15 is 0 Å². The van der Waals surface area contributed by atoms with Gasteiger partial charge in [0.05, 0.1) is 12.2 Å². The van der Waals surface area contributed by atoms with Crippen molar-refractivity contribution >= 4 is 5.91 Å². The molecule has 0 radical (unpaired) electrons. The van der Waals surface area contributed by atoms with Crippen LogP contribution in [0.3, 0.4) is 0 Å². The Hall–Kier alpha value is -2.32. The summed E-state index contributed by atoms with van der Waals surface area (Å²) in [6, 6.07) is 0.978. The van der Waals surface area contributed by atoms with E-state index in [1.807, 2.05) is 31.5 Å². The Bertz CT molecular complexity index is 868. The zero-order chi connectivity index (χ0) is 20.6. The third-order valence-electron chi connectivity index (χ3n) is 5.15. The normalized spacial score (nSPS) is 16.1. The van der Waals surface area contributed by atoms with Crippen LogP contribution in [0, 0.1) is 13.8 Å². The zero-order valence-corrected chi connectivity index (χ0v) is 16.6. The van der Waals surface area contributed by atoms with Gasteiger partial charge in [-0.15, -0.1) is 0 Å². The summed E-state index contributed by atoms with van der Waals surface area (Å²) in [5, 5.41) is 11.1. The fourth-order valence-corrected chi connectivity index (χ4v) is 3.92. The summed E-state index contributed by atoms with van der Waals surface area (Å²) in [6.07, 6.45) is -2.61. The van der Waals surface area contributed by atoms with Crippen molar-refractivity contribution in [3.05, 3.63) is 34.4 Å². The Morgan fingerprint density at radius 3 is 2.57 bits per heavy atom. The number of aromatic nitrogens is 4. The Morgan fingerprint density at radius 2 is 2.00 bits per heavy atom. The Labute approximate surface area is 162 Å². The SMILES string of the molecule is CC[C@@H](C(=O)N[C@@H](C)Cn1nc(C)cc1C)n1nc(C(F)(F)F)c2c1CCC2. The predicted molar refractivity (Wildman–Crippen MR) is 97.9 cm³/mol. The van der Waals surface area contributed by atoms with Crippen molar-refractivity contribution in [1.82, 2.24) is 24.9 Å². The molecule has 9 heteroatoms. The number of hydrogen-bond donors (Lipinski definition) is 1. The number of amides is 1. The van der Waals surface area contributed by atoms with Crippen molar-refractivity contribution in [2.45, 2.75) is 78.2 Å². The quantitative estimate of drug-likeness (QED) is 0.813. The molecule has 1 N–H and O–H groups in total. The largest absolute Gasteiger partial charge is 0.435 e. The van der Waals surface area contributed by atoms with Crippen LogP contribution in [0.15, 0.2) is 6.07 Å². The van der Waals surface area contributed by atoms with Gasteiger partial charge in [-0.1, -0.05) is 6.92 Å². The summed E-state index contributed by atoms with van der Waals surface area (Å²) < 4.78 is 43.1. The fourth-order valence-electron chi connectivity index (χ4n) is 3.92. The number of carbonyl (C=O) groups is 1. The van der Waals surface area contributed by atoms with Crippen LogP contribution in [0.2, 0.25) is 0 Å². The third-order valence-corrected chi connectivity index (χ3v) is 5.15. The summed E-state index contributed by atoms with van der Waals surface area (Å²) in [4.78, 5) is 12.8. The van der Waals surface area contributed by atoms with Gasteiger partial charge in [0.2, 0.25) is 5.91 Å². The highest BCUT2D eigenvalue weighted by Gasteiger charge is 2.41. The molecule has 2 heterocycles. The van der Waals surface area contributed by atoms with Crippen LogP contribution >= 0.6 is 0 Å². The van der Waals surface area contributed by atoms with Crippen LogP contribution in [-0.4, -0.2) is 31.5 Å². The lowest BCUT2D eigenvalue weighted by Crippen LogP contribution is -2.41. The third kappa shape index (κ3) is 3.93. The standard InChI is InChI=1S/C19H26F3N5O/c1-5-15(18(28)23-12(3)10-26-13(4)9-11(2)24-26)27-16-8-6-7-14(16)17(25-27)19(20,21)22/h9,12,15H,5-8,10H2,1-4H3,(H,23,28)/t12-,15-/m0/s1. The van der Waals surface area contributed by atoms with Crippen LogP contribution in [0.1, 0.15) is 61.1 Å². The van der Waals surface area contributed by atoms with E-state index in [9.17, 15) is 18.0 Å². The maximum Gasteiger partial charge on any atom is 0.435 e. The van der Waals surface area contributed by atoms with Gasteiger partial charge in [0.25, 0.3) is 0 Å². The highest BCUT2D eigenvalue weighted by molar-refractivity contribution is 5.80. The van der Waals surface area contributed by atoms with Gasteiger partial charge in [-0.05, 0) is 52.5 Å². The molecule has 28 heavy (non-hydrogen) atoms. The molecule has 154 valence electrons. The van der Waals surface area contributed by atoms with Crippen LogP contribution in [-0.2, 0) is 30.4 Å². The van der Waals surface area contributed by atoms with Crippen LogP contribution < -0.4 is 5.32 Å². The first-order chi connectivity index (χ1) is 13.1. The van der Waals surface area contributed by atoms with Crippen molar-refractivity contribution < 1.29 is 18.0 Å². The molecule has 2 aromatic heterocycles. The molecule has 0 saturated carbocycles. The van der Waals surface area contributed by atoms with E-state index in [-0.39, 0.29) is 17.5 Å². The van der Waals surface area contributed by atoms with Crippen molar-refractivity contribution in [3.8, 4) is 0 Å². The molecule has 6 nitrogen and oxygen atoms in total. The van der Waals surface area contributed by atoms with Crippen molar-refractivity contribution in [3.63, 3.8) is 0 Å². The summed E-state index contributed by atoms with van der Waals surface area (Å²) >= 11 is 0. The number of rotatable bonds is 6. The molecule has 1 aliphatic carbocycles. The molecule has 3 rings (SSSR count). The molecule has 0 fully saturated rings. The molecule has 1 amide bonds. The fraction of sp³-hybridized carbons (Fsp3) is 0.632. The second kappa shape index (κ2) is 7.60. The molecule has 0 saturated heterocycles. The van der Waals surface area contributed by atoms with E-state index in [4.69, 9.17) is 0 Å². The van der Waals surface area contributed by atoms with E-state index in [0.29, 0.717) is 37.9 Å². The Balaban J connectivity index is 1.78.